The van der Waals surface area contributed by atoms with Crippen LogP contribution in [0, 0.1) is 5.92 Å². The summed E-state index contributed by atoms with van der Waals surface area (Å²) in [7, 11) is 1.74. The number of aryl methyl sites for hydroxylation is 1. The van der Waals surface area contributed by atoms with Crippen molar-refractivity contribution in [2.75, 3.05) is 26.7 Å². The van der Waals surface area contributed by atoms with Gasteiger partial charge in [-0.3, -0.25) is 0 Å². The highest BCUT2D eigenvalue weighted by Crippen LogP contribution is 2.20. The molecule has 0 aliphatic heterocycles. The van der Waals surface area contributed by atoms with Crippen molar-refractivity contribution in [3.05, 3.63) is 29.3 Å². The Balaban J connectivity index is 2.39. The number of nitrogens with two attached hydrogens (primary N) is 1. The van der Waals surface area contributed by atoms with E-state index in [0.717, 1.165) is 44.6 Å². The monoisotopic (exact) mass is 264 g/mol. The molecule has 0 saturated heterocycles. The van der Waals surface area contributed by atoms with E-state index < -0.39 is 0 Å². The van der Waals surface area contributed by atoms with E-state index in [1.807, 2.05) is 0 Å². The van der Waals surface area contributed by atoms with Gasteiger partial charge in [0.05, 0.1) is 7.11 Å². The molecule has 1 atom stereocenters. The fourth-order valence-electron chi connectivity index (χ4n) is 2.06. The Kier molecular flexibility index (Phi) is 7.53. The highest BCUT2D eigenvalue weighted by molar-refractivity contribution is 5.37. The zero-order valence-electron chi connectivity index (χ0n) is 12.5. The molecule has 0 saturated carbocycles. The van der Waals surface area contributed by atoms with Crippen LogP contribution in [0.5, 0.6) is 5.75 Å². The number of methoxy groups -OCH3 is 1. The molecule has 0 radical (unpaired) electrons. The van der Waals surface area contributed by atoms with Crippen LogP contribution in [0.4, 0.5) is 0 Å². The fourth-order valence-corrected chi connectivity index (χ4v) is 2.06. The van der Waals surface area contributed by atoms with Gasteiger partial charge in [0.15, 0.2) is 0 Å². The Morgan fingerprint density at radius 1 is 1.32 bits per heavy atom. The van der Waals surface area contributed by atoms with Crippen LogP contribution < -0.4 is 15.8 Å². The molecule has 3 heteroatoms. The summed E-state index contributed by atoms with van der Waals surface area (Å²) in [5.41, 5.74) is 8.26. The van der Waals surface area contributed by atoms with Gasteiger partial charge >= 0.3 is 0 Å². The quantitative estimate of drug-likeness (QED) is 0.673. The van der Waals surface area contributed by atoms with E-state index in [1.54, 1.807) is 7.11 Å². The predicted molar refractivity (Wildman–Crippen MR) is 81.8 cm³/mol. The van der Waals surface area contributed by atoms with Crippen LogP contribution >= 0.6 is 0 Å². The summed E-state index contributed by atoms with van der Waals surface area (Å²) in [5.74, 6) is 1.60. The largest absolute Gasteiger partial charge is 0.496 e. The van der Waals surface area contributed by atoms with Crippen molar-refractivity contribution in [1.82, 2.24) is 5.32 Å². The predicted octanol–water partition coefficient (Wildman–Crippen LogP) is 2.37. The van der Waals surface area contributed by atoms with Gasteiger partial charge in [0, 0.05) is 0 Å². The van der Waals surface area contributed by atoms with Gasteiger partial charge < -0.3 is 15.8 Å². The zero-order valence-corrected chi connectivity index (χ0v) is 12.5. The van der Waals surface area contributed by atoms with Gasteiger partial charge in [0.1, 0.15) is 5.75 Å². The van der Waals surface area contributed by atoms with Crippen LogP contribution in [0.3, 0.4) is 0 Å². The third-order valence-corrected chi connectivity index (χ3v) is 3.54. The molecule has 0 amide bonds. The average Bonchev–Trinajstić information content (AvgIpc) is 2.46. The van der Waals surface area contributed by atoms with E-state index in [2.05, 4.69) is 37.4 Å². The van der Waals surface area contributed by atoms with Crippen LogP contribution in [0.25, 0.3) is 0 Å². The van der Waals surface area contributed by atoms with Crippen molar-refractivity contribution in [2.24, 2.45) is 11.7 Å². The summed E-state index contributed by atoms with van der Waals surface area (Å²) < 4.78 is 5.41. The van der Waals surface area contributed by atoms with Crippen molar-refractivity contribution in [3.8, 4) is 5.75 Å². The van der Waals surface area contributed by atoms with E-state index in [0.29, 0.717) is 5.92 Å². The first-order chi connectivity index (χ1) is 9.21. The number of nitrogens with one attached hydrogen (secondary N) is 1. The maximum absolute atomic E-state index is 5.60. The molecule has 108 valence electrons. The van der Waals surface area contributed by atoms with Gasteiger partial charge in [-0.25, -0.2) is 0 Å². The van der Waals surface area contributed by atoms with Crippen molar-refractivity contribution in [2.45, 2.75) is 33.1 Å². The van der Waals surface area contributed by atoms with Crippen molar-refractivity contribution < 1.29 is 4.74 Å². The molecule has 1 aromatic rings. The first-order valence-corrected chi connectivity index (χ1v) is 7.27. The summed E-state index contributed by atoms with van der Waals surface area (Å²) in [6, 6.07) is 6.46. The SMILES string of the molecule is CCc1ccc(OC)c(CCNCCC(C)CN)c1. The molecule has 0 bridgehead atoms. The van der Waals surface area contributed by atoms with Crippen molar-refractivity contribution >= 4 is 0 Å². The average molecular weight is 264 g/mol. The molecule has 3 nitrogen and oxygen atoms in total. The minimum atomic E-state index is 0.602. The molecule has 0 aromatic heterocycles. The molecule has 1 rings (SSSR count). The van der Waals surface area contributed by atoms with E-state index in [9.17, 15) is 0 Å². The van der Waals surface area contributed by atoms with Crippen LogP contribution in [-0.2, 0) is 12.8 Å². The van der Waals surface area contributed by atoms with Crippen LogP contribution in [0.1, 0.15) is 31.4 Å². The lowest BCUT2D eigenvalue weighted by Gasteiger charge is -2.12. The lowest BCUT2D eigenvalue weighted by atomic mass is 10.0. The van der Waals surface area contributed by atoms with Crippen LogP contribution in [-0.4, -0.2) is 26.7 Å². The van der Waals surface area contributed by atoms with E-state index >= 15 is 0 Å². The van der Waals surface area contributed by atoms with Crippen LogP contribution in [0.2, 0.25) is 0 Å². The molecular weight excluding hydrogens is 236 g/mol. The Labute approximate surface area is 117 Å². The molecule has 1 aromatic carbocycles. The summed E-state index contributed by atoms with van der Waals surface area (Å²) >= 11 is 0. The van der Waals surface area contributed by atoms with Gasteiger partial charge in [0.2, 0.25) is 0 Å². The number of benzene rings is 1. The summed E-state index contributed by atoms with van der Waals surface area (Å²) in [6.45, 7) is 7.16. The normalized spacial score (nSPS) is 12.4. The molecule has 1 unspecified atom stereocenters. The third-order valence-electron chi connectivity index (χ3n) is 3.54. The zero-order chi connectivity index (χ0) is 14.1. The number of ether oxygens (including phenoxy) is 1. The van der Waals surface area contributed by atoms with Gasteiger partial charge in [-0.2, -0.15) is 0 Å². The topological polar surface area (TPSA) is 47.3 Å². The third kappa shape index (κ3) is 5.62. The maximum Gasteiger partial charge on any atom is 0.122 e. The van der Waals surface area contributed by atoms with Gasteiger partial charge in [0.25, 0.3) is 0 Å². The number of rotatable bonds is 9. The molecule has 0 heterocycles. The summed E-state index contributed by atoms with van der Waals surface area (Å²) in [6.07, 6.45) is 3.22. The van der Waals surface area contributed by atoms with Crippen molar-refractivity contribution in [1.29, 1.82) is 0 Å². The molecule has 0 fully saturated rings. The first kappa shape index (κ1) is 16.0. The smallest absolute Gasteiger partial charge is 0.122 e. The molecular formula is C16H28N2O. The van der Waals surface area contributed by atoms with Crippen LogP contribution in [0.15, 0.2) is 18.2 Å². The van der Waals surface area contributed by atoms with E-state index in [4.69, 9.17) is 10.5 Å². The molecule has 3 N–H and O–H groups in total. The Hall–Kier alpha value is -1.06. The summed E-state index contributed by atoms with van der Waals surface area (Å²) in [4.78, 5) is 0. The van der Waals surface area contributed by atoms with Gasteiger partial charge in [-0.15, -0.1) is 0 Å². The highest BCUT2D eigenvalue weighted by Gasteiger charge is 2.04. The standard InChI is InChI=1S/C16H28N2O/c1-4-14-5-6-16(19-3)15(11-14)8-10-18-9-7-13(2)12-17/h5-6,11,13,18H,4,7-10,12,17H2,1-3H3. The second-order valence-corrected chi connectivity index (χ2v) is 5.13. The van der Waals surface area contributed by atoms with Crippen molar-refractivity contribution in [3.63, 3.8) is 0 Å². The molecule has 0 aliphatic rings. The molecule has 0 aliphatic carbocycles. The minimum Gasteiger partial charge on any atom is -0.496 e. The second kappa shape index (κ2) is 8.94. The first-order valence-electron chi connectivity index (χ1n) is 7.27. The highest BCUT2D eigenvalue weighted by atomic mass is 16.5. The molecule has 0 spiro atoms. The fraction of sp³-hybridized carbons (Fsp3) is 0.625. The van der Waals surface area contributed by atoms with E-state index in [1.165, 1.54) is 11.1 Å². The maximum atomic E-state index is 5.60. The minimum absolute atomic E-state index is 0.602. The number of hydrogen-bond donors (Lipinski definition) is 2. The Morgan fingerprint density at radius 3 is 2.74 bits per heavy atom. The second-order valence-electron chi connectivity index (χ2n) is 5.13. The lowest BCUT2D eigenvalue weighted by Crippen LogP contribution is -2.22. The summed E-state index contributed by atoms with van der Waals surface area (Å²) in [5, 5.41) is 3.48. The Bertz CT molecular complexity index is 366. The van der Waals surface area contributed by atoms with E-state index in [-0.39, 0.29) is 0 Å². The molecule has 19 heavy (non-hydrogen) atoms. The van der Waals surface area contributed by atoms with Gasteiger partial charge in [-0.1, -0.05) is 26.0 Å². The lowest BCUT2D eigenvalue weighted by molar-refractivity contribution is 0.408. The number of hydrogen-bond acceptors (Lipinski definition) is 3. The Morgan fingerprint density at radius 2 is 2.11 bits per heavy atom. The van der Waals surface area contributed by atoms with Gasteiger partial charge in [-0.05, 0) is 62.0 Å².